The number of likely N-dealkylation sites (tertiary alicyclic amines) is 1. The summed E-state index contributed by atoms with van der Waals surface area (Å²) in [7, 11) is 0. The van der Waals surface area contributed by atoms with Gasteiger partial charge >= 0.3 is 0 Å². The zero-order chi connectivity index (χ0) is 21.1. The van der Waals surface area contributed by atoms with Crippen LogP contribution in [0.1, 0.15) is 72.7 Å². The van der Waals surface area contributed by atoms with Gasteiger partial charge in [-0.2, -0.15) is 0 Å². The molecule has 0 spiro atoms. The Morgan fingerprint density at radius 2 is 2.03 bits per heavy atom. The zero-order valence-corrected chi connectivity index (χ0v) is 17.4. The standard InChI is InChI=1S/C23H30N4O3/c1-15-11-19(25-23(29)20-13-21(30-26-20)17-7-8-17)9-10-27(15)22(28)12-18(14-24)16-5-3-2-4-6-16/h2-6,13,15,17-19H,7-12,14,24H2,1H3,(H,25,29)/t15-,18?,19-/m1/s1. The minimum atomic E-state index is -0.199. The number of hydrogen-bond donors (Lipinski definition) is 2. The predicted octanol–water partition coefficient (Wildman–Crippen LogP) is 2.79. The van der Waals surface area contributed by atoms with E-state index < -0.39 is 0 Å². The van der Waals surface area contributed by atoms with Crippen LogP contribution in [-0.2, 0) is 4.79 Å². The summed E-state index contributed by atoms with van der Waals surface area (Å²) in [5, 5.41) is 6.97. The Morgan fingerprint density at radius 3 is 2.70 bits per heavy atom. The number of benzene rings is 1. The number of carbonyl (C=O) groups is 2. The number of nitrogens with one attached hydrogen (secondary N) is 1. The van der Waals surface area contributed by atoms with Crippen LogP contribution in [0.5, 0.6) is 0 Å². The number of nitrogens with zero attached hydrogens (tertiary/aromatic N) is 2. The molecule has 1 saturated carbocycles. The average molecular weight is 411 g/mol. The van der Waals surface area contributed by atoms with Gasteiger partial charge in [-0.15, -0.1) is 0 Å². The van der Waals surface area contributed by atoms with Crippen molar-refractivity contribution >= 4 is 11.8 Å². The first kappa shape index (κ1) is 20.6. The van der Waals surface area contributed by atoms with Gasteiger partial charge in [-0.25, -0.2) is 0 Å². The number of hydrogen-bond acceptors (Lipinski definition) is 5. The normalized spacial score (nSPS) is 22.5. The molecule has 2 aliphatic rings. The van der Waals surface area contributed by atoms with Gasteiger partial charge in [-0.3, -0.25) is 9.59 Å². The summed E-state index contributed by atoms with van der Waals surface area (Å²) in [6.45, 7) is 3.11. The van der Waals surface area contributed by atoms with Crippen LogP contribution in [0.3, 0.4) is 0 Å². The van der Waals surface area contributed by atoms with E-state index in [9.17, 15) is 9.59 Å². The van der Waals surface area contributed by atoms with Gasteiger partial charge in [0.1, 0.15) is 5.76 Å². The second-order valence-corrected chi connectivity index (χ2v) is 8.57. The Balaban J connectivity index is 1.29. The number of amides is 2. The summed E-state index contributed by atoms with van der Waals surface area (Å²) in [5.41, 5.74) is 7.38. The Kier molecular flexibility index (Phi) is 6.18. The number of piperidine rings is 1. The summed E-state index contributed by atoms with van der Waals surface area (Å²) in [6, 6.07) is 11.8. The van der Waals surface area contributed by atoms with Crippen molar-refractivity contribution in [2.75, 3.05) is 13.1 Å². The maximum Gasteiger partial charge on any atom is 0.273 e. The van der Waals surface area contributed by atoms with Gasteiger partial charge in [0.2, 0.25) is 5.91 Å². The summed E-state index contributed by atoms with van der Waals surface area (Å²) in [5.74, 6) is 1.19. The van der Waals surface area contributed by atoms with Crippen molar-refractivity contribution in [1.29, 1.82) is 0 Å². The van der Waals surface area contributed by atoms with Gasteiger partial charge in [-0.05, 0) is 44.7 Å². The predicted molar refractivity (Wildman–Crippen MR) is 113 cm³/mol. The smallest absolute Gasteiger partial charge is 0.273 e. The van der Waals surface area contributed by atoms with Crippen LogP contribution in [0.4, 0.5) is 0 Å². The molecule has 0 radical (unpaired) electrons. The lowest BCUT2D eigenvalue weighted by molar-refractivity contribution is -0.135. The molecule has 30 heavy (non-hydrogen) atoms. The van der Waals surface area contributed by atoms with Crippen molar-refractivity contribution in [1.82, 2.24) is 15.4 Å². The second-order valence-electron chi connectivity index (χ2n) is 8.57. The maximum atomic E-state index is 12.9. The summed E-state index contributed by atoms with van der Waals surface area (Å²) in [4.78, 5) is 27.4. The summed E-state index contributed by atoms with van der Waals surface area (Å²) < 4.78 is 5.28. The molecule has 3 atom stereocenters. The molecule has 2 amide bonds. The topological polar surface area (TPSA) is 101 Å². The SMILES string of the molecule is C[C@@H]1C[C@H](NC(=O)c2cc(C3CC3)on2)CCN1C(=O)CC(CN)c1ccccc1. The van der Waals surface area contributed by atoms with E-state index in [0.717, 1.165) is 37.0 Å². The molecule has 1 aromatic carbocycles. The van der Waals surface area contributed by atoms with Crippen molar-refractivity contribution in [3.63, 3.8) is 0 Å². The van der Waals surface area contributed by atoms with E-state index in [1.807, 2.05) is 42.2 Å². The van der Waals surface area contributed by atoms with Gasteiger partial charge < -0.3 is 20.5 Å². The Hall–Kier alpha value is -2.67. The van der Waals surface area contributed by atoms with Gasteiger partial charge in [0, 0.05) is 43.0 Å². The third kappa shape index (κ3) is 4.73. The molecule has 0 bridgehead atoms. The van der Waals surface area contributed by atoms with Crippen LogP contribution in [0, 0.1) is 0 Å². The molecule has 1 aromatic heterocycles. The first-order chi connectivity index (χ1) is 14.5. The van der Waals surface area contributed by atoms with Crippen molar-refractivity contribution in [3.05, 3.63) is 53.4 Å². The molecular weight excluding hydrogens is 380 g/mol. The van der Waals surface area contributed by atoms with Crippen LogP contribution in [0.25, 0.3) is 0 Å². The Morgan fingerprint density at radius 1 is 1.27 bits per heavy atom. The van der Waals surface area contributed by atoms with Crippen LogP contribution < -0.4 is 11.1 Å². The van der Waals surface area contributed by atoms with E-state index in [4.69, 9.17) is 10.3 Å². The molecular formula is C23H30N4O3. The quantitative estimate of drug-likeness (QED) is 0.731. The highest BCUT2D eigenvalue weighted by molar-refractivity contribution is 5.92. The van der Waals surface area contributed by atoms with Gasteiger partial charge in [-0.1, -0.05) is 35.5 Å². The average Bonchev–Trinajstić information content (AvgIpc) is 3.48. The molecule has 1 aliphatic heterocycles. The van der Waals surface area contributed by atoms with Crippen LogP contribution in [0.2, 0.25) is 0 Å². The number of rotatable bonds is 7. The van der Waals surface area contributed by atoms with Gasteiger partial charge in [0.25, 0.3) is 5.91 Å². The first-order valence-electron chi connectivity index (χ1n) is 10.9. The van der Waals surface area contributed by atoms with Gasteiger partial charge in [0.15, 0.2) is 5.69 Å². The highest BCUT2D eigenvalue weighted by Crippen LogP contribution is 2.40. The van der Waals surface area contributed by atoms with Crippen molar-refractivity contribution < 1.29 is 14.1 Å². The second kappa shape index (κ2) is 9.00. The van der Waals surface area contributed by atoms with E-state index in [2.05, 4.69) is 10.5 Å². The minimum Gasteiger partial charge on any atom is -0.360 e. The molecule has 3 N–H and O–H groups in total. The van der Waals surface area contributed by atoms with E-state index in [-0.39, 0.29) is 29.8 Å². The fraction of sp³-hybridized carbons (Fsp3) is 0.522. The summed E-state index contributed by atoms with van der Waals surface area (Å²) >= 11 is 0. The Labute approximate surface area is 177 Å². The van der Waals surface area contributed by atoms with Crippen molar-refractivity contribution in [2.24, 2.45) is 5.73 Å². The number of carbonyl (C=O) groups excluding carboxylic acids is 2. The van der Waals surface area contributed by atoms with Crippen LogP contribution in [-0.4, -0.2) is 47.0 Å². The zero-order valence-electron chi connectivity index (χ0n) is 17.4. The van der Waals surface area contributed by atoms with Crippen LogP contribution >= 0.6 is 0 Å². The largest absolute Gasteiger partial charge is 0.360 e. The molecule has 1 saturated heterocycles. The van der Waals surface area contributed by atoms with Crippen molar-refractivity contribution in [3.8, 4) is 0 Å². The third-order valence-electron chi connectivity index (χ3n) is 6.25. The molecule has 1 unspecified atom stereocenters. The molecule has 7 heteroatoms. The number of aromatic nitrogens is 1. The highest BCUT2D eigenvalue weighted by atomic mass is 16.5. The lowest BCUT2D eigenvalue weighted by Gasteiger charge is -2.38. The number of nitrogens with two attached hydrogens (primary N) is 1. The maximum absolute atomic E-state index is 12.9. The molecule has 4 rings (SSSR count). The lowest BCUT2D eigenvalue weighted by Crippen LogP contribution is -2.51. The van der Waals surface area contributed by atoms with E-state index in [1.54, 1.807) is 6.07 Å². The van der Waals surface area contributed by atoms with Crippen molar-refractivity contribution in [2.45, 2.75) is 62.9 Å². The van der Waals surface area contributed by atoms with E-state index in [1.165, 1.54) is 0 Å². The highest BCUT2D eigenvalue weighted by Gasteiger charge is 2.32. The lowest BCUT2D eigenvalue weighted by atomic mass is 9.93. The fourth-order valence-corrected chi connectivity index (χ4v) is 4.28. The van der Waals surface area contributed by atoms with Gasteiger partial charge in [0.05, 0.1) is 0 Å². The summed E-state index contributed by atoms with van der Waals surface area (Å²) in [6.07, 6.45) is 4.08. The molecule has 7 nitrogen and oxygen atoms in total. The van der Waals surface area contributed by atoms with E-state index in [0.29, 0.717) is 31.1 Å². The molecule has 2 aromatic rings. The molecule has 2 fully saturated rings. The molecule has 160 valence electrons. The molecule has 1 aliphatic carbocycles. The monoisotopic (exact) mass is 410 g/mol. The van der Waals surface area contributed by atoms with E-state index >= 15 is 0 Å². The molecule has 2 heterocycles. The third-order valence-corrected chi connectivity index (χ3v) is 6.25. The first-order valence-corrected chi connectivity index (χ1v) is 10.9. The van der Waals surface area contributed by atoms with Crippen LogP contribution in [0.15, 0.2) is 40.9 Å². The minimum absolute atomic E-state index is 0.0242. The fourth-order valence-electron chi connectivity index (χ4n) is 4.28. The Bertz CT molecular complexity index is 878.